The molecule has 0 fully saturated rings. The molecule has 0 spiro atoms. The Morgan fingerprint density at radius 2 is 1.87 bits per heavy atom. The Kier molecular flexibility index (Phi) is 3.42. The molecule has 2 heterocycles. The van der Waals surface area contributed by atoms with Gasteiger partial charge in [0, 0.05) is 30.1 Å². The van der Waals surface area contributed by atoms with Gasteiger partial charge in [-0.05, 0) is 41.3 Å². The van der Waals surface area contributed by atoms with E-state index < -0.39 is 0 Å². The Bertz CT molecular complexity index is 865. The topological polar surface area (TPSA) is 27.8 Å². The number of H-pyrrole nitrogens is 1. The van der Waals surface area contributed by atoms with Crippen molar-refractivity contribution in [1.82, 2.24) is 10.3 Å². The summed E-state index contributed by atoms with van der Waals surface area (Å²) in [6.45, 7) is 2.88. The van der Waals surface area contributed by atoms with Crippen LogP contribution in [0, 0.1) is 11.6 Å². The molecule has 2 aromatic carbocycles. The van der Waals surface area contributed by atoms with Gasteiger partial charge < -0.3 is 10.3 Å². The van der Waals surface area contributed by atoms with Crippen molar-refractivity contribution < 1.29 is 8.78 Å². The fraction of sp³-hybridized carbons (Fsp3) is 0.263. The van der Waals surface area contributed by atoms with Gasteiger partial charge in [0.1, 0.15) is 11.6 Å². The summed E-state index contributed by atoms with van der Waals surface area (Å²) in [5.74, 6) is -0.510. The predicted molar refractivity (Wildman–Crippen MR) is 88.3 cm³/mol. The molecule has 1 unspecified atom stereocenters. The number of rotatable bonds is 2. The monoisotopic (exact) mass is 312 g/mol. The van der Waals surface area contributed by atoms with Gasteiger partial charge in [-0.3, -0.25) is 0 Å². The van der Waals surface area contributed by atoms with E-state index >= 15 is 0 Å². The molecular formula is C19H18F2N2. The van der Waals surface area contributed by atoms with Crippen LogP contribution >= 0.6 is 0 Å². The van der Waals surface area contributed by atoms with Gasteiger partial charge >= 0.3 is 0 Å². The molecule has 3 aromatic rings. The van der Waals surface area contributed by atoms with Gasteiger partial charge in [0.05, 0.1) is 5.52 Å². The van der Waals surface area contributed by atoms with Gasteiger partial charge in [-0.25, -0.2) is 8.78 Å². The highest BCUT2D eigenvalue weighted by molar-refractivity contribution is 5.99. The highest BCUT2D eigenvalue weighted by Crippen LogP contribution is 2.36. The molecule has 2 nitrogen and oxygen atoms in total. The summed E-state index contributed by atoms with van der Waals surface area (Å²) in [6, 6.07) is 10.1. The van der Waals surface area contributed by atoms with Gasteiger partial charge in [0.15, 0.2) is 0 Å². The van der Waals surface area contributed by atoms with Crippen LogP contribution in [-0.4, -0.2) is 11.0 Å². The van der Waals surface area contributed by atoms with Crippen molar-refractivity contribution in [3.05, 3.63) is 59.3 Å². The first-order valence-electron chi connectivity index (χ1n) is 7.98. The first-order valence-corrected chi connectivity index (χ1v) is 7.98. The molecule has 0 radical (unpaired) electrons. The molecule has 2 N–H and O–H groups in total. The smallest absolute Gasteiger partial charge is 0.147 e. The molecule has 4 heteroatoms. The highest BCUT2D eigenvalue weighted by Gasteiger charge is 2.24. The van der Waals surface area contributed by atoms with E-state index in [4.69, 9.17) is 0 Å². The van der Waals surface area contributed by atoms with Crippen molar-refractivity contribution in [2.75, 3.05) is 0 Å². The average Bonchev–Trinajstić information content (AvgIpc) is 2.96. The van der Waals surface area contributed by atoms with Crippen molar-refractivity contribution in [3.63, 3.8) is 0 Å². The minimum atomic E-state index is -0.268. The first-order chi connectivity index (χ1) is 11.2. The maximum absolute atomic E-state index is 14.3. The molecule has 0 bridgehead atoms. The third-order valence-electron chi connectivity index (χ3n) is 4.76. The molecule has 0 saturated heterocycles. The molecule has 118 valence electrons. The summed E-state index contributed by atoms with van der Waals surface area (Å²) in [5, 5.41) is 4.42. The lowest BCUT2D eigenvalue weighted by atomic mass is 9.94. The van der Waals surface area contributed by atoms with E-state index in [9.17, 15) is 8.78 Å². The van der Waals surface area contributed by atoms with E-state index in [1.54, 1.807) is 18.2 Å². The standard InChI is InChI=1S/C19H18F2N2/c1-2-13-9-17-15(10-22-13)18-14(7-8-16(21)19(18)23-17)11-3-5-12(20)6-4-11/h3-8,13,22-23H,2,9-10H2,1H3. The highest BCUT2D eigenvalue weighted by atomic mass is 19.1. The summed E-state index contributed by atoms with van der Waals surface area (Å²) in [7, 11) is 0. The third-order valence-corrected chi connectivity index (χ3v) is 4.76. The maximum Gasteiger partial charge on any atom is 0.147 e. The van der Waals surface area contributed by atoms with Crippen LogP contribution in [0.15, 0.2) is 36.4 Å². The summed E-state index contributed by atoms with van der Waals surface area (Å²) >= 11 is 0. The van der Waals surface area contributed by atoms with Crippen molar-refractivity contribution in [1.29, 1.82) is 0 Å². The van der Waals surface area contributed by atoms with Gasteiger partial charge in [-0.1, -0.05) is 25.1 Å². The van der Waals surface area contributed by atoms with Crippen LogP contribution in [0.25, 0.3) is 22.0 Å². The Labute approximate surface area is 133 Å². The van der Waals surface area contributed by atoms with Crippen LogP contribution in [0.4, 0.5) is 8.78 Å². The maximum atomic E-state index is 14.3. The van der Waals surface area contributed by atoms with Gasteiger partial charge in [0.25, 0.3) is 0 Å². The summed E-state index contributed by atoms with van der Waals surface area (Å²) < 4.78 is 27.5. The number of halogens is 2. The first kappa shape index (κ1) is 14.4. The second kappa shape index (κ2) is 5.46. The Balaban J connectivity index is 1.94. The van der Waals surface area contributed by atoms with Crippen LogP contribution in [0.2, 0.25) is 0 Å². The summed E-state index contributed by atoms with van der Waals surface area (Å²) in [5.41, 5.74) is 4.63. The van der Waals surface area contributed by atoms with Crippen LogP contribution in [0.1, 0.15) is 24.6 Å². The number of hydrogen-bond donors (Lipinski definition) is 2. The van der Waals surface area contributed by atoms with Crippen LogP contribution in [0.5, 0.6) is 0 Å². The van der Waals surface area contributed by atoms with E-state index in [0.717, 1.165) is 47.2 Å². The Morgan fingerprint density at radius 3 is 2.61 bits per heavy atom. The Morgan fingerprint density at radius 1 is 1.09 bits per heavy atom. The second-order valence-corrected chi connectivity index (χ2v) is 6.12. The number of nitrogens with one attached hydrogen (secondary N) is 2. The van der Waals surface area contributed by atoms with Gasteiger partial charge in [-0.15, -0.1) is 0 Å². The van der Waals surface area contributed by atoms with Crippen molar-refractivity contribution in [2.45, 2.75) is 32.4 Å². The molecule has 23 heavy (non-hydrogen) atoms. The SMILES string of the molecule is CCC1Cc2[nH]c3c(F)ccc(-c4ccc(F)cc4)c3c2CN1. The van der Waals surface area contributed by atoms with Crippen LogP contribution in [-0.2, 0) is 13.0 Å². The molecule has 1 atom stereocenters. The molecule has 4 rings (SSSR count). The zero-order chi connectivity index (χ0) is 16.0. The Hall–Kier alpha value is -2.20. The van der Waals surface area contributed by atoms with Crippen LogP contribution in [0.3, 0.4) is 0 Å². The summed E-state index contributed by atoms with van der Waals surface area (Å²) in [4.78, 5) is 3.28. The fourth-order valence-corrected chi connectivity index (χ4v) is 3.48. The lowest BCUT2D eigenvalue weighted by Crippen LogP contribution is -2.34. The fourth-order valence-electron chi connectivity index (χ4n) is 3.48. The van der Waals surface area contributed by atoms with E-state index in [2.05, 4.69) is 17.2 Å². The molecule has 1 aliphatic heterocycles. The van der Waals surface area contributed by atoms with Crippen LogP contribution < -0.4 is 5.32 Å². The minimum absolute atomic E-state index is 0.242. The molecule has 0 amide bonds. The lowest BCUT2D eigenvalue weighted by Gasteiger charge is -2.23. The quantitative estimate of drug-likeness (QED) is 0.714. The number of fused-ring (bicyclic) bond motifs is 3. The largest absolute Gasteiger partial charge is 0.356 e. The zero-order valence-electron chi connectivity index (χ0n) is 12.9. The zero-order valence-corrected chi connectivity index (χ0v) is 12.9. The normalized spacial score (nSPS) is 17.4. The average molecular weight is 312 g/mol. The third kappa shape index (κ3) is 2.34. The van der Waals surface area contributed by atoms with E-state index in [-0.39, 0.29) is 11.6 Å². The molecule has 0 saturated carbocycles. The molecule has 0 aliphatic carbocycles. The van der Waals surface area contributed by atoms with E-state index in [0.29, 0.717) is 11.6 Å². The number of aromatic amines is 1. The van der Waals surface area contributed by atoms with Crippen molar-refractivity contribution in [2.24, 2.45) is 0 Å². The van der Waals surface area contributed by atoms with Crippen molar-refractivity contribution >= 4 is 10.9 Å². The van der Waals surface area contributed by atoms with E-state index in [1.807, 2.05) is 0 Å². The van der Waals surface area contributed by atoms with Crippen molar-refractivity contribution in [3.8, 4) is 11.1 Å². The van der Waals surface area contributed by atoms with Gasteiger partial charge in [-0.2, -0.15) is 0 Å². The number of aromatic nitrogens is 1. The second-order valence-electron chi connectivity index (χ2n) is 6.12. The number of benzene rings is 2. The molecular weight excluding hydrogens is 294 g/mol. The molecule has 1 aliphatic rings. The lowest BCUT2D eigenvalue weighted by molar-refractivity contribution is 0.465. The molecule has 1 aromatic heterocycles. The number of hydrogen-bond acceptors (Lipinski definition) is 1. The van der Waals surface area contributed by atoms with Gasteiger partial charge in [0.2, 0.25) is 0 Å². The van der Waals surface area contributed by atoms with E-state index in [1.165, 1.54) is 18.2 Å². The minimum Gasteiger partial charge on any atom is -0.356 e. The predicted octanol–water partition coefficient (Wildman–Crippen LogP) is 4.54. The summed E-state index contributed by atoms with van der Waals surface area (Å²) in [6.07, 6.45) is 1.92.